The number of aromatic nitrogens is 2. The van der Waals surface area contributed by atoms with Crippen molar-refractivity contribution in [3.05, 3.63) is 87.2 Å². The van der Waals surface area contributed by atoms with Gasteiger partial charge >= 0.3 is 19.4 Å². The average molecular weight is 622 g/mol. The highest BCUT2D eigenvalue weighted by molar-refractivity contribution is 7.51. The van der Waals surface area contributed by atoms with Crippen molar-refractivity contribution in [3.63, 3.8) is 0 Å². The van der Waals surface area contributed by atoms with Crippen LogP contribution in [0.3, 0.4) is 0 Å². The zero-order valence-corrected chi connectivity index (χ0v) is 24.9. The minimum atomic E-state index is -4.27. The number of hydrogen-bond acceptors (Lipinski definition) is 9. The molecule has 3 aromatic rings. The van der Waals surface area contributed by atoms with E-state index in [2.05, 4.69) is 10.9 Å². The van der Waals surface area contributed by atoms with Crippen LogP contribution < -0.4 is 15.8 Å². The number of fused-ring (bicyclic) bond motifs is 1. The lowest BCUT2D eigenvalue weighted by Crippen LogP contribution is -2.40. The minimum Gasteiger partial charge on any atom is -0.459 e. The number of hydrogen-bond donors (Lipinski definition) is 1. The number of carbonyl (C=O) groups is 1. The van der Waals surface area contributed by atoms with E-state index >= 15 is 0 Å². The molecule has 44 heavy (non-hydrogen) atoms. The average Bonchev–Trinajstić information content (AvgIpc) is 3.80. The Morgan fingerprint density at radius 2 is 2.02 bits per heavy atom. The van der Waals surface area contributed by atoms with E-state index in [-0.39, 0.29) is 18.4 Å². The maximum atomic E-state index is 14.8. The molecule has 0 amide bonds. The first kappa shape index (κ1) is 30.1. The molecule has 2 saturated heterocycles. The first-order valence-electron chi connectivity index (χ1n) is 14.3. The van der Waals surface area contributed by atoms with E-state index in [1.165, 1.54) is 21.5 Å². The van der Waals surface area contributed by atoms with Crippen LogP contribution in [0.15, 0.2) is 70.4 Å². The summed E-state index contributed by atoms with van der Waals surface area (Å²) >= 11 is 0. The first-order valence-corrected chi connectivity index (χ1v) is 15.8. The van der Waals surface area contributed by atoms with E-state index in [1.54, 1.807) is 25.1 Å². The first-order chi connectivity index (χ1) is 21.2. The predicted molar refractivity (Wildman–Crippen MR) is 160 cm³/mol. The topological polar surface area (TPSA) is 138 Å². The van der Waals surface area contributed by atoms with Crippen LogP contribution in [0.5, 0.6) is 5.75 Å². The molecule has 6 rings (SSSR count). The van der Waals surface area contributed by atoms with Gasteiger partial charge in [-0.25, -0.2) is 9.36 Å². The summed E-state index contributed by atoms with van der Waals surface area (Å²) in [6.07, 6.45) is 10.6. The fourth-order valence-electron chi connectivity index (χ4n) is 5.48. The molecule has 0 unspecified atom stereocenters. The quantitative estimate of drug-likeness (QED) is 0.164. The van der Waals surface area contributed by atoms with Gasteiger partial charge in [-0.15, -0.1) is 6.42 Å². The molecule has 0 spiro atoms. The largest absolute Gasteiger partial charge is 0.462 e. The van der Waals surface area contributed by atoms with Gasteiger partial charge in [0.05, 0.1) is 13.2 Å². The minimum absolute atomic E-state index is 0.250. The molecule has 3 aliphatic heterocycles. The lowest BCUT2D eigenvalue weighted by Gasteiger charge is -2.33. The lowest BCUT2D eigenvalue weighted by atomic mass is 10.1. The number of nitrogens with zero attached hydrogens (tertiary/aromatic N) is 2. The summed E-state index contributed by atoms with van der Waals surface area (Å²) in [6, 6.07) is 12.0. The van der Waals surface area contributed by atoms with Gasteiger partial charge in [-0.3, -0.25) is 23.7 Å². The van der Waals surface area contributed by atoms with Crippen LogP contribution in [0.25, 0.3) is 10.8 Å². The summed E-state index contributed by atoms with van der Waals surface area (Å²) in [5.41, 5.74) is -2.42. The predicted octanol–water partition coefficient (Wildman–Crippen LogP) is 3.46. The van der Waals surface area contributed by atoms with Gasteiger partial charge in [0, 0.05) is 24.7 Å². The fraction of sp³-hybridized carbons (Fsp3) is 0.387. The highest BCUT2D eigenvalue weighted by Gasteiger charge is 2.49. The maximum absolute atomic E-state index is 14.8. The Kier molecular flexibility index (Phi) is 8.33. The summed E-state index contributed by atoms with van der Waals surface area (Å²) in [6.45, 7) is 2.20. The summed E-state index contributed by atoms with van der Waals surface area (Å²) in [7, 11) is -4.27. The van der Waals surface area contributed by atoms with Crippen molar-refractivity contribution in [1.29, 1.82) is 0 Å². The summed E-state index contributed by atoms with van der Waals surface area (Å²) in [5, 5.41) is 1.83. The van der Waals surface area contributed by atoms with Crippen molar-refractivity contribution in [1.82, 2.24) is 14.2 Å². The Morgan fingerprint density at radius 1 is 1.20 bits per heavy atom. The van der Waals surface area contributed by atoms with Crippen LogP contribution in [0.1, 0.15) is 31.1 Å². The van der Waals surface area contributed by atoms with E-state index in [9.17, 15) is 18.9 Å². The monoisotopic (exact) mass is 621 g/mol. The molecular formula is C31H32N3O9P. The highest BCUT2D eigenvalue weighted by atomic mass is 31.2. The van der Waals surface area contributed by atoms with E-state index in [1.807, 2.05) is 30.3 Å². The molecule has 2 fully saturated rings. The number of aromatic amines is 1. The summed E-state index contributed by atoms with van der Waals surface area (Å²) in [4.78, 5) is 39.8. The molecule has 12 nitrogen and oxygen atoms in total. The number of ether oxygens (including phenoxy) is 3. The third kappa shape index (κ3) is 6.02. The number of esters is 1. The molecule has 0 aliphatic carbocycles. The third-order valence-corrected chi connectivity index (χ3v) is 9.90. The molecule has 3 aliphatic rings. The summed E-state index contributed by atoms with van der Waals surface area (Å²) < 4.78 is 46.7. The van der Waals surface area contributed by atoms with Crippen LogP contribution in [-0.4, -0.2) is 64.3 Å². The number of nitrogens with one attached hydrogen (secondary N) is 1. The van der Waals surface area contributed by atoms with Gasteiger partial charge < -0.3 is 18.7 Å². The molecule has 230 valence electrons. The smallest absolute Gasteiger partial charge is 0.459 e. The Morgan fingerprint density at radius 3 is 2.80 bits per heavy atom. The van der Waals surface area contributed by atoms with Crippen LogP contribution in [0, 0.1) is 19.3 Å². The zero-order valence-electron chi connectivity index (χ0n) is 24.0. The van der Waals surface area contributed by atoms with Crippen LogP contribution in [-0.2, 0) is 28.1 Å². The Bertz CT molecular complexity index is 1810. The number of aryl methyl sites for hydroxylation is 1. The zero-order chi connectivity index (χ0) is 30.9. The molecule has 0 radical (unpaired) electrons. The molecular weight excluding hydrogens is 589 g/mol. The van der Waals surface area contributed by atoms with Crippen molar-refractivity contribution >= 4 is 24.5 Å². The standard InChI is InChI=1S/C31H32N3O9P/c1-3-31(14-12-27(42-31)33-18-21(2)28(35)32-30(33)37)20-40-44(38,43-24-11-10-22-7-4-5-8-23(22)17-24)34-15-6-9-26(34)29(36)41-25-13-16-39-19-25/h1,4-5,7-8,10-12,14,17-18,25-27H,6,9,13,15-16,19-20H2,2H3,(H,32,35,37)/t25-,26+,27-,31+,44+/m1/s1. The normalized spacial score (nSPS) is 26.4. The second-order valence-corrected chi connectivity index (χ2v) is 12.9. The third-order valence-electron chi connectivity index (χ3n) is 7.89. The number of carbonyl (C=O) groups excluding carboxylic acids is 1. The second kappa shape index (κ2) is 12.2. The molecule has 4 heterocycles. The highest BCUT2D eigenvalue weighted by Crippen LogP contribution is 2.56. The van der Waals surface area contributed by atoms with E-state index in [0.717, 1.165) is 10.8 Å². The van der Waals surface area contributed by atoms with Crippen molar-refractivity contribution in [2.45, 2.75) is 50.2 Å². The second-order valence-electron chi connectivity index (χ2n) is 11.0. The Hall–Kier alpha value is -3.98. The molecule has 0 saturated carbocycles. The summed E-state index contributed by atoms with van der Waals surface area (Å²) in [5.74, 6) is 2.29. The van der Waals surface area contributed by atoms with Gasteiger partial charge in [0.25, 0.3) is 5.56 Å². The van der Waals surface area contributed by atoms with E-state index in [0.29, 0.717) is 38.0 Å². The van der Waals surface area contributed by atoms with Gasteiger partial charge in [-0.1, -0.05) is 36.3 Å². The van der Waals surface area contributed by atoms with Gasteiger partial charge in [-0.2, -0.15) is 4.67 Å². The fourth-order valence-corrected chi connectivity index (χ4v) is 7.46. The van der Waals surface area contributed by atoms with Crippen LogP contribution in [0.4, 0.5) is 0 Å². The van der Waals surface area contributed by atoms with Gasteiger partial charge in [0.1, 0.15) is 24.5 Å². The SMILES string of the molecule is C#C[C@@]1(CO[P@](=O)(Oc2ccc3ccccc3c2)N2CCC[C@H]2C(=O)O[C@@H]2CCOC2)C=C[C@H](n2cc(C)c(=O)[nH]c2=O)O1. The van der Waals surface area contributed by atoms with Crippen molar-refractivity contribution in [2.75, 3.05) is 26.4 Å². The van der Waals surface area contributed by atoms with Crippen molar-refractivity contribution < 1.29 is 32.6 Å². The van der Waals surface area contributed by atoms with E-state index < -0.39 is 49.4 Å². The van der Waals surface area contributed by atoms with Crippen molar-refractivity contribution in [2.24, 2.45) is 0 Å². The van der Waals surface area contributed by atoms with Crippen LogP contribution in [0.2, 0.25) is 0 Å². The number of H-pyrrole nitrogens is 1. The Balaban J connectivity index is 1.27. The van der Waals surface area contributed by atoms with Gasteiger partial charge in [0.2, 0.25) is 0 Å². The number of terminal acetylenes is 1. The molecule has 1 aromatic heterocycles. The molecule has 5 atom stereocenters. The Labute approximate surface area is 253 Å². The van der Waals surface area contributed by atoms with Crippen LogP contribution >= 0.6 is 7.75 Å². The molecule has 1 N–H and O–H groups in total. The molecule has 0 bridgehead atoms. The number of benzene rings is 2. The van der Waals surface area contributed by atoms with Gasteiger partial charge in [0.15, 0.2) is 11.8 Å². The van der Waals surface area contributed by atoms with Gasteiger partial charge in [-0.05, 0) is 54.8 Å². The molecule has 13 heteroatoms. The van der Waals surface area contributed by atoms with E-state index in [4.69, 9.17) is 29.7 Å². The maximum Gasteiger partial charge on any atom is 0.462 e. The molecule has 2 aromatic carbocycles. The lowest BCUT2D eigenvalue weighted by molar-refractivity contribution is -0.153. The number of rotatable bonds is 9. The van der Waals surface area contributed by atoms with Crippen molar-refractivity contribution in [3.8, 4) is 18.1 Å².